The highest BCUT2D eigenvalue weighted by atomic mass is 16.6. The number of carbonyl (C=O) groups excluding carboxylic acids is 1. The van der Waals surface area contributed by atoms with Crippen LogP contribution in [0.15, 0.2) is 24.5 Å². The van der Waals surface area contributed by atoms with E-state index in [0.29, 0.717) is 5.75 Å². The number of ether oxygens (including phenoxy) is 1. The molecule has 1 atom stereocenters. The van der Waals surface area contributed by atoms with E-state index in [1.807, 2.05) is 0 Å². The Labute approximate surface area is 81.7 Å². The van der Waals surface area contributed by atoms with Crippen molar-refractivity contribution in [3.8, 4) is 5.75 Å². The highest BCUT2D eigenvalue weighted by molar-refractivity contribution is 5.70. The molecule has 1 heterocycles. The summed E-state index contributed by atoms with van der Waals surface area (Å²) in [5.41, 5.74) is 0. The monoisotopic (exact) mass is 196 g/mol. The molecule has 5 nitrogen and oxygen atoms in total. The van der Waals surface area contributed by atoms with E-state index >= 15 is 0 Å². The molecule has 0 saturated carbocycles. The van der Waals surface area contributed by atoms with Gasteiger partial charge in [-0.2, -0.15) is 0 Å². The van der Waals surface area contributed by atoms with E-state index in [2.05, 4.69) is 10.3 Å². The number of pyridine rings is 1. The Balaban J connectivity index is 2.35. The molecule has 0 aromatic carbocycles. The fraction of sp³-hybridized carbons (Fsp3) is 0.333. The topological polar surface area (TPSA) is 71.5 Å². The van der Waals surface area contributed by atoms with Crippen molar-refractivity contribution in [3.63, 3.8) is 0 Å². The summed E-state index contributed by atoms with van der Waals surface area (Å²) in [6.45, 7) is 1.74. The smallest absolute Gasteiger partial charge is 0.409 e. The number of nitrogens with one attached hydrogen (secondary N) is 1. The van der Waals surface area contributed by atoms with Gasteiger partial charge in [-0.3, -0.25) is 4.98 Å². The summed E-state index contributed by atoms with van der Waals surface area (Å²) >= 11 is 0. The number of amides is 1. The quantitative estimate of drug-likeness (QED) is 0.740. The Morgan fingerprint density at radius 3 is 3.14 bits per heavy atom. The molecule has 0 saturated heterocycles. The number of carbonyl (C=O) groups is 1. The second-order valence-corrected chi connectivity index (χ2v) is 2.81. The number of hydrogen-bond acceptors (Lipinski definition) is 4. The lowest BCUT2D eigenvalue weighted by atomic mass is 10.4. The van der Waals surface area contributed by atoms with Gasteiger partial charge in [-0.05, 0) is 19.1 Å². The number of aliphatic hydroxyl groups excluding tert-OH is 1. The van der Waals surface area contributed by atoms with Crippen molar-refractivity contribution in [3.05, 3.63) is 24.5 Å². The molecular formula is C9H12N2O3. The van der Waals surface area contributed by atoms with Crippen LogP contribution in [-0.4, -0.2) is 28.8 Å². The molecule has 0 spiro atoms. The van der Waals surface area contributed by atoms with Crippen LogP contribution in [0.1, 0.15) is 6.92 Å². The number of hydrogen-bond donors (Lipinski definition) is 2. The first-order chi connectivity index (χ1) is 6.68. The fourth-order valence-corrected chi connectivity index (χ4v) is 0.782. The average molecular weight is 196 g/mol. The summed E-state index contributed by atoms with van der Waals surface area (Å²) in [5, 5.41) is 11.3. The van der Waals surface area contributed by atoms with Crippen LogP contribution in [0.2, 0.25) is 0 Å². The Hall–Kier alpha value is -1.62. The van der Waals surface area contributed by atoms with Gasteiger partial charge in [0.15, 0.2) is 5.75 Å². The van der Waals surface area contributed by atoms with Gasteiger partial charge in [0.25, 0.3) is 0 Å². The second-order valence-electron chi connectivity index (χ2n) is 2.81. The summed E-state index contributed by atoms with van der Waals surface area (Å²) in [7, 11) is 0. The van der Waals surface area contributed by atoms with Gasteiger partial charge in [0, 0.05) is 12.7 Å². The van der Waals surface area contributed by atoms with E-state index in [1.165, 1.54) is 6.20 Å². The third-order valence-electron chi connectivity index (χ3n) is 1.39. The molecule has 0 aliphatic carbocycles. The molecule has 1 aromatic heterocycles. The molecular weight excluding hydrogens is 184 g/mol. The minimum absolute atomic E-state index is 0.166. The van der Waals surface area contributed by atoms with Crippen LogP contribution in [0.5, 0.6) is 5.75 Å². The summed E-state index contributed by atoms with van der Waals surface area (Å²) in [4.78, 5) is 14.8. The first-order valence-electron chi connectivity index (χ1n) is 4.22. The van der Waals surface area contributed by atoms with Gasteiger partial charge in [-0.1, -0.05) is 0 Å². The van der Waals surface area contributed by atoms with Gasteiger partial charge in [-0.15, -0.1) is 0 Å². The molecule has 1 unspecified atom stereocenters. The Morgan fingerprint density at radius 2 is 2.57 bits per heavy atom. The highest BCUT2D eigenvalue weighted by Gasteiger charge is 2.04. The minimum Gasteiger partial charge on any atom is -0.409 e. The Bertz CT molecular complexity index is 287. The molecule has 0 fully saturated rings. The SMILES string of the molecule is CC(O)CNC(=O)Oc1cccnc1. The summed E-state index contributed by atoms with van der Waals surface area (Å²) in [6, 6.07) is 3.28. The highest BCUT2D eigenvalue weighted by Crippen LogP contribution is 2.05. The molecule has 0 aliphatic heterocycles. The predicted molar refractivity (Wildman–Crippen MR) is 49.9 cm³/mol. The van der Waals surface area contributed by atoms with Crippen molar-refractivity contribution in [2.45, 2.75) is 13.0 Å². The van der Waals surface area contributed by atoms with Crippen LogP contribution in [0.3, 0.4) is 0 Å². The molecule has 0 aliphatic rings. The van der Waals surface area contributed by atoms with Crippen LogP contribution in [0.4, 0.5) is 4.79 Å². The van der Waals surface area contributed by atoms with Crippen molar-refractivity contribution in [1.82, 2.24) is 10.3 Å². The van der Waals surface area contributed by atoms with E-state index in [9.17, 15) is 4.79 Å². The van der Waals surface area contributed by atoms with Gasteiger partial charge in [0.1, 0.15) is 0 Å². The largest absolute Gasteiger partial charge is 0.412 e. The third kappa shape index (κ3) is 3.86. The molecule has 14 heavy (non-hydrogen) atoms. The molecule has 76 valence electrons. The van der Waals surface area contributed by atoms with E-state index in [4.69, 9.17) is 9.84 Å². The third-order valence-corrected chi connectivity index (χ3v) is 1.39. The predicted octanol–water partition coefficient (Wildman–Crippen LogP) is 0.551. The van der Waals surface area contributed by atoms with E-state index in [-0.39, 0.29) is 6.54 Å². The lowest BCUT2D eigenvalue weighted by Gasteiger charge is -2.07. The van der Waals surface area contributed by atoms with Crippen molar-refractivity contribution < 1.29 is 14.6 Å². The van der Waals surface area contributed by atoms with E-state index in [0.717, 1.165) is 0 Å². The Kier molecular flexibility index (Phi) is 3.87. The lowest BCUT2D eigenvalue weighted by Crippen LogP contribution is -2.32. The van der Waals surface area contributed by atoms with Crippen molar-refractivity contribution in [2.24, 2.45) is 0 Å². The maximum Gasteiger partial charge on any atom is 0.412 e. The van der Waals surface area contributed by atoms with Crippen LogP contribution in [0, 0.1) is 0 Å². The number of rotatable bonds is 3. The van der Waals surface area contributed by atoms with Gasteiger partial charge in [-0.25, -0.2) is 4.79 Å². The summed E-state index contributed by atoms with van der Waals surface area (Å²) in [5.74, 6) is 0.371. The maximum absolute atomic E-state index is 11.0. The van der Waals surface area contributed by atoms with Crippen LogP contribution >= 0.6 is 0 Å². The fourth-order valence-electron chi connectivity index (χ4n) is 0.782. The van der Waals surface area contributed by atoms with E-state index in [1.54, 1.807) is 25.3 Å². The zero-order valence-electron chi connectivity index (χ0n) is 7.80. The molecule has 1 amide bonds. The van der Waals surface area contributed by atoms with Crippen LogP contribution in [0.25, 0.3) is 0 Å². The van der Waals surface area contributed by atoms with Crippen LogP contribution < -0.4 is 10.1 Å². The molecule has 0 bridgehead atoms. The lowest BCUT2D eigenvalue weighted by molar-refractivity contribution is 0.172. The average Bonchev–Trinajstić information content (AvgIpc) is 2.16. The number of aromatic nitrogens is 1. The Morgan fingerprint density at radius 1 is 1.79 bits per heavy atom. The van der Waals surface area contributed by atoms with Gasteiger partial charge in [0.05, 0.1) is 12.3 Å². The summed E-state index contributed by atoms with van der Waals surface area (Å²) < 4.78 is 4.84. The first-order valence-corrected chi connectivity index (χ1v) is 4.22. The first kappa shape index (κ1) is 10.5. The maximum atomic E-state index is 11.0. The van der Waals surface area contributed by atoms with Gasteiger partial charge < -0.3 is 15.2 Å². The zero-order chi connectivity index (χ0) is 10.4. The molecule has 5 heteroatoms. The molecule has 2 N–H and O–H groups in total. The van der Waals surface area contributed by atoms with Crippen LogP contribution in [-0.2, 0) is 0 Å². The zero-order valence-corrected chi connectivity index (χ0v) is 7.80. The van der Waals surface area contributed by atoms with Gasteiger partial charge >= 0.3 is 6.09 Å². The van der Waals surface area contributed by atoms with Crippen molar-refractivity contribution in [1.29, 1.82) is 0 Å². The molecule has 1 rings (SSSR count). The molecule has 1 aromatic rings. The minimum atomic E-state index is -0.598. The molecule has 0 radical (unpaired) electrons. The van der Waals surface area contributed by atoms with Gasteiger partial charge in [0.2, 0.25) is 0 Å². The van der Waals surface area contributed by atoms with Crippen molar-refractivity contribution in [2.75, 3.05) is 6.54 Å². The summed E-state index contributed by atoms with van der Waals surface area (Å²) in [6.07, 6.45) is 1.83. The van der Waals surface area contributed by atoms with E-state index < -0.39 is 12.2 Å². The number of aliphatic hydroxyl groups is 1. The second kappa shape index (κ2) is 5.18. The van der Waals surface area contributed by atoms with Crippen molar-refractivity contribution >= 4 is 6.09 Å². The standard InChI is InChI=1S/C9H12N2O3/c1-7(12)5-11-9(13)14-8-3-2-4-10-6-8/h2-4,6-7,12H,5H2,1H3,(H,11,13). The number of nitrogens with zero attached hydrogens (tertiary/aromatic N) is 1. The normalized spacial score (nSPS) is 11.9.